The molecule has 5 nitrogen and oxygen atoms in total. The SMILES string of the molecule is O=C(CSc1ccccc1C(=O)Nc1ccc(Cl)c(Cl)c1)NCc1ccco1. The largest absolute Gasteiger partial charge is 0.467 e. The van der Waals surface area contributed by atoms with Crippen LogP contribution in [0.2, 0.25) is 10.0 Å². The second-order valence-corrected chi connectivity index (χ2v) is 7.56. The van der Waals surface area contributed by atoms with Gasteiger partial charge in [0.05, 0.1) is 34.2 Å². The van der Waals surface area contributed by atoms with Crippen molar-refractivity contribution in [2.24, 2.45) is 0 Å². The van der Waals surface area contributed by atoms with Crippen LogP contribution in [-0.4, -0.2) is 17.6 Å². The van der Waals surface area contributed by atoms with Crippen molar-refractivity contribution in [2.75, 3.05) is 11.1 Å². The van der Waals surface area contributed by atoms with E-state index in [1.165, 1.54) is 11.8 Å². The van der Waals surface area contributed by atoms with Gasteiger partial charge in [0.1, 0.15) is 5.76 Å². The van der Waals surface area contributed by atoms with Crippen LogP contribution < -0.4 is 10.6 Å². The van der Waals surface area contributed by atoms with E-state index in [0.717, 1.165) is 0 Å². The van der Waals surface area contributed by atoms with Gasteiger partial charge in [-0.1, -0.05) is 35.3 Å². The molecular formula is C20H16Cl2N2O3S. The number of carbonyl (C=O) groups is 2. The Hall–Kier alpha value is -2.41. The van der Waals surface area contributed by atoms with E-state index < -0.39 is 0 Å². The van der Waals surface area contributed by atoms with Gasteiger partial charge in [-0.15, -0.1) is 11.8 Å². The van der Waals surface area contributed by atoms with E-state index in [1.54, 1.807) is 54.8 Å². The summed E-state index contributed by atoms with van der Waals surface area (Å²) < 4.78 is 5.18. The fraction of sp³-hybridized carbons (Fsp3) is 0.100. The van der Waals surface area contributed by atoms with Crippen LogP contribution in [0.25, 0.3) is 0 Å². The van der Waals surface area contributed by atoms with Crippen LogP contribution in [0, 0.1) is 0 Å². The van der Waals surface area contributed by atoms with Crippen LogP contribution in [0.3, 0.4) is 0 Å². The van der Waals surface area contributed by atoms with Crippen molar-refractivity contribution in [1.29, 1.82) is 0 Å². The fourth-order valence-electron chi connectivity index (χ4n) is 2.35. The zero-order valence-corrected chi connectivity index (χ0v) is 16.9. The molecule has 0 bridgehead atoms. The van der Waals surface area contributed by atoms with Crippen LogP contribution in [0.4, 0.5) is 5.69 Å². The molecule has 0 aliphatic heterocycles. The lowest BCUT2D eigenvalue weighted by Crippen LogP contribution is -2.24. The number of thioether (sulfide) groups is 1. The Kier molecular flexibility index (Phi) is 7.03. The summed E-state index contributed by atoms with van der Waals surface area (Å²) >= 11 is 13.2. The number of nitrogens with one attached hydrogen (secondary N) is 2. The molecule has 3 rings (SSSR count). The number of anilines is 1. The third-order valence-corrected chi connectivity index (χ3v) is 5.52. The Labute approximate surface area is 176 Å². The van der Waals surface area contributed by atoms with E-state index in [9.17, 15) is 9.59 Å². The van der Waals surface area contributed by atoms with E-state index in [1.807, 2.05) is 6.07 Å². The van der Waals surface area contributed by atoms with Crippen molar-refractivity contribution in [3.63, 3.8) is 0 Å². The molecule has 2 N–H and O–H groups in total. The van der Waals surface area contributed by atoms with Crippen LogP contribution in [0.5, 0.6) is 0 Å². The zero-order chi connectivity index (χ0) is 19.9. The van der Waals surface area contributed by atoms with Crippen LogP contribution in [0.15, 0.2) is 70.2 Å². The number of furan rings is 1. The smallest absolute Gasteiger partial charge is 0.256 e. The van der Waals surface area contributed by atoms with Crippen molar-refractivity contribution < 1.29 is 14.0 Å². The van der Waals surface area contributed by atoms with Crippen LogP contribution in [0.1, 0.15) is 16.1 Å². The molecule has 2 aromatic carbocycles. The standard InChI is InChI=1S/C20H16Cl2N2O3S/c21-16-8-7-13(10-17(16)22)24-20(26)15-5-1-2-6-18(15)28-12-19(25)23-11-14-4-3-9-27-14/h1-10H,11-12H2,(H,23,25)(H,24,26). The third-order valence-electron chi connectivity index (χ3n) is 3.71. The van der Waals surface area contributed by atoms with Crippen molar-refractivity contribution in [2.45, 2.75) is 11.4 Å². The Morgan fingerprint density at radius 1 is 1.00 bits per heavy atom. The van der Waals surface area contributed by atoms with Gasteiger partial charge >= 0.3 is 0 Å². The first-order valence-corrected chi connectivity index (χ1v) is 10.0. The number of hydrogen-bond acceptors (Lipinski definition) is 4. The predicted octanol–water partition coefficient (Wildman–Crippen LogP) is 5.25. The lowest BCUT2D eigenvalue weighted by atomic mass is 10.2. The summed E-state index contributed by atoms with van der Waals surface area (Å²) in [7, 11) is 0. The lowest BCUT2D eigenvalue weighted by Gasteiger charge is -2.10. The Morgan fingerprint density at radius 3 is 2.57 bits per heavy atom. The summed E-state index contributed by atoms with van der Waals surface area (Å²) in [6, 6.07) is 15.5. The first-order valence-electron chi connectivity index (χ1n) is 8.30. The maximum atomic E-state index is 12.6. The summed E-state index contributed by atoms with van der Waals surface area (Å²) in [6.07, 6.45) is 1.55. The molecule has 0 aliphatic carbocycles. The summed E-state index contributed by atoms with van der Waals surface area (Å²) in [5, 5.41) is 6.33. The monoisotopic (exact) mass is 434 g/mol. The average molecular weight is 435 g/mol. The van der Waals surface area contributed by atoms with Crippen molar-refractivity contribution >= 4 is 52.5 Å². The van der Waals surface area contributed by atoms with Crippen LogP contribution in [-0.2, 0) is 11.3 Å². The van der Waals surface area contributed by atoms with E-state index in [2.05, 4.69) is 10.6 Å². The molecule has 0 atom stereocenters. The molecule has 8 heteroatoms. The second-order valence-electron chi connectivity index (χ2n) is 5.72. The minimum Gasteiger partial charge on any atom is -0.467 e. The Bertz CT molecular complexity index is 977. The molecule has 1 aromatic heterocycles. The normalized spacial score (nSPS) is 10.5. The summed E-state index contributed by atoms with van der Waals surface area (Å²) in [6.45, 7) is 0.325. The van der Waals surface area contributed by atoms with Crippen molar-refractivity contribution in [1.82, 2.24) is 5.32 Å². The highest BCUT2D eigenvalue weighted by Crippen LogP contribution is 2.27. The van der Waals surface area contributed by atoms with E-state index in [-0.39, 0.29) is 17.6 Å². The molecule has 0 aliphatic rings. The lowest BCUT2D eigenvalue weighted by molar-refractivity contribution is -0.118. The van der Waals surface area contributed by atoms with Gasteiger partial charge in [0, 0.05) is 10.6 Å². The van der Waals surface area contributed by atoms with Gasteiger partial charge in [-0.2, -0.15) is 0 Å². The number of hydrogen-bond donors (Lipinski definition) is 2. The Morgan fingerprint density at radius 2 is 1.82 bits per heavy atom. The average Bonchev–Trinajstić information content (AvgIpc) is 3.21. The molecule has 0 fully saturated rings. The second kappa shape index (κ2) is 9.68. The van der Waals surface area contributed by atoms with Gasteiger partial charge < -0.3 is 15.1 Å². The number of amides is 2. The van der Waals surface area contributed by atoms with Gasteiger partial charge in [-0.05, 0) is 42.5 Å². The predicted molar refractivity (Wildman–Crippen MR) is 112 cm³/mol. The van der Waals surface area contributed by atoms with Gasteiger partial charge in [0.15, 0.2) is 0 Å². The summed E-state index contributed by atoms with van der Waals surface area (Å²) in [4.78, 5) is 25.4. The minimum absolute atomic E-state index is 0.152. The molecule has 0 radical (unpaired) electrons. The topological polar surface area (TPSA) is 71.3 Å². The highest BCUT2D eigenvalue weighted by atomic mass is 35.5. The first kappa shape index (κ1) is 20.3. The number of benzene rings is 2. The zero-order valence-electron chi connectivity index (χ0n) is 14.6. The fourth-order valence-corrected chi connectivity index (χ4v) is 3.52. The number of halogens is 2. The molecular weight excluding hydrogens is 419 g/mol. The Balaban J connectivity index is 1.60. The minimum atomic E-state index is -0.294. The van der Waals surface area contributed by atoms with E-state index in [0.29, 0.717) is 38.5 Å². The number of rotatable bonds is 7. The van der Waals surface area contributed by atoms with E-state index in [4.69, 9.17) is 27.6 Å². The molecule has 0 unspecified atom stereocenters. The maximum Gasteiger partial charge on any atom is 0.256 e. The van der Waals surface area contributed by atoms with E-state index >= 15 is 0 Å². The summed E-state index contributed by atoms with van der Waals surface area (Å²) in [5.41, 5.74) is 1.01. The van der Waals surface area contributed by atoms with Crippen molar-refractivity contribution in [3.05, 3.63) is 82.2 Å². The van der Waals surface area contributed by atoms with Crippen LogP contribution >= 0.6 is 35.0 Å². The van der Waals surface area contributed by atoms with Gasteiger partial charge in [-0.25, -0.2) is 0 Å². The van der Waals surface area contributed by atoms with Crippen molar-refractivity contribution in [3.8, 4) is 0 Å². The maximum absolute atomic E-state index is 12.6. The summed E-state index contributed by atoms with van der Waals surface area (Å²) in [5.74, 6) is 0.413. The molecule has 144 valence electrons. The molecule has 0 spiro atoms. The third kappa shape index (κ3) is 5.55. The highest BCUT2D eigenvalue weighted by Gasteiger charge is 2.14. The molecule has 3 aromatic rings. The quantitative estimate of drug-likeness (QED) is 0.498. The van der Waals surface area contributed by atoms with Gasteiger partial charge in [-0.3, -0.25) is 9.59 Å². The highest BCUT2D eigenvalue weighted by molar-refractivity contribution is 8.00. The molecule has 1 heterocycles. The molecule has 0 saturated heterocycles. The number of carbonyl (C=O) groups excluding carboxylic acids is 2. The first-order chi connectivity index (χ1) is 13.5. The molecule has 2 amide bonds. The molecule has 28 heavy (non-hydrogen) atoms. The molecule has 0 saturated carbocycles. The van der Waals surface area contributed by atoms with Gasteiger partial charge in [0.25, 0.3) is 5.91 Å². The van der Waals surface area contributed by atoms with Gasteiger partial charge in [0.2, 0.25) is 5.91 Å².